The van der Waals surface area contributed by atoms with E-state index >= 15 is 0 Å². The number of rotatable bonds is 7. The number of aromatic carboxylic acids is 1. The molecule has 0 saturated heterocycles. The van der Waals surface area contributed by atoms with Crippen LogP contribution in [0, 0.1) is 0 Å². The lowest BCUT2D eigenvalue weighted by Crippen LogP contribution is -2.11. The molecular formula is C13H14ClN3O4. The van der Waals surface area contributed by atoms with Gasteiger partial charge in [-0.2, -0.15) is 0 Å². The minimum Gasteiger partial charge on any atom is -0.476 e. The molecule has 0 fully saturated rings. The number of benzene rings is 1. The molecule has 2 N–H and O–H groups in total. The summed E-state index contributed by atoms with van der Waals surface area (Å²) in [6, 6.07) is 6.75. The zero-order chi connectivity index (χ0) is 15.2. The van der Waals surface area contributed by atoms with E-state index in [1.807, 2.05) is 0 Å². The molecule has 0 unspecified atom stereocenters. The number of ether oxygens (including phenoxy) is 1. The van der Waals surface area contributed by atoms with Gasteiger partial charge in [-0.05, 0) is 12.1 Å². The topological polar surface area (TPSA) is 97.5 Å². The van der Waals surface area contributed by atoms with Crippen LogP contribution in [-0.2, 0) is 11.3 Å². The number of carboxylic acid groups (broad SMARTS) is 1. The molecule has 0 aliphatic heterocycles. The van der Waals surface area contributed by atoms with Crippen LogP contribution in [0.25, 0.3) is 11.3 Å². The molecule has 0 bridgehead atoms. The molecule has 2 rings (SSSR count). The zero-order valence-electron chi connectivity index (χ0n) is 11.1. The van der Waals surface area contributed by atoms with E-state index in [1.165, 1.54) is 4.68 Å². The highest BCUT2D eigenvalue weighted by Crippen LogP contribution is 2.24. The van der Waals surface area contributed by atoms with Crippen molar-refractivity contribution < 1.29 is 19.7 Å². The highest BCUT2D eigenvalue weighted by Gasteiger charge is 2.20. The van der Waals surface area contributed by atoms with Crippen LogP contribution in [0.2, 0.25) is 5.02 Å². The van der Waals surface area contributed by atoms with Gasteiger partial charge in [-0.1, -0.05) is 28.9 Å². The summed E-state index contributed by atoms with van der Waals surface area (Å²) in [6.45, 7) is 0.778. The maximum Gasteiger partial charge on any atom is 0.358 e. The fraction of sp³-hybridized carbons (Fsp3) is 0.308. The third-order valence-corrected chi connectivity index (χ3v) is 2.99. The van der Waals surface area contributed by atoms with E-state index in [-0.39, 0.29) is 18.9 Å². The van der Waals surface area contributed by atoms with Gasteiger partial charge in [-0.15, -0.1) is 5.10 Å². The highest BCUT2D eigenvalue weighted by atomic mass is 35.5. The Kier molecular flexibility index (Phi) is 5.26. The third-order valence-electron chi connectivity index (χ3n) is 2.74. The number of hydrogen-bond acceptors (Lipinski definition) is 5. The van der Waals surface area contributed by atoms with Crippen LogP contribution in [0.3, 0.4) is 0 Å². The van der Waals surface area contributed by atoms with Gasteiger partial charge >= 0.3 is 5.97 Å². The van der Waals surface area contributed by atoms with E-state index in [2.05, 4.69) is 10.3 Å². The van der Waals surface area contributed by atoms with E-state index in [0.29, 0.717) is 29.4 Å². The maximum absolute atomic E-state index is 11.2. The minimum atomic E-state index is -1.15. The van der Waals surface area contributed by atoms with E-state index < -0.39 is 5.97 Å². The SMILES string of the molecule is O=C(O)c1nnn(CCOCCO)c1-c1ccc(Cl)cc1. The molecule has 0 spiro atoms. The van der Waals surface area contributed by atoms with Gasteiger partial charge in [0.1, 0.15) is 5.69 Å². The molecule has 0 amide bonds. The molecule has 1 aromatic carbocycles. The second kappa shape index (κ2) is 7.16. The summed E-state index contributed by atoms with van der Waals surface area (Å²) in [5.41, 5.74) is 0.926. The van der Waals surface area contributed by atoms with Crippen molar-refractivity contribution in [2.45, 2.75) is 6.54 Å². The Morgan fingerprint density at radius 3 is 2.62 bits per heavy atom. The Hall–Kier alpha value is -1.96. The van der Waals surface area contributed by atoms with E-state index in [4.69, 9.17) is 21.4 Å². The number of aliphatic hydroxyl groups excluding tert-OH is 1. The second-order valence-electron chi connectivity index (χ2n) is 4.16. The van der Waals surface area contributed by atoms with Crippen LogP contribution in [0.4, 0.5) is 0 Å². The minimum absolute atomic E-state index is 0.0677. The Labute approximate surface area is 125 Å². The van der Waals surface area contributed by atoms with E-state index in [1.54, 1.807) is 24.3 Å². The van der Waals surface area contributed by atoms with Gasteiger partial charge in [0.2, 0.25) is 0 Å². The average molecular weight is 312 g/mol. The fourth-order valence-electron chi connectivity index (χ4n) is 1.82. The Bertz CT molecular complexity index is 612. The van der Waals surface area contributed by atoms with E-state index in [0.717, 1.165) is 0 Å². The Morgan fingerprint density at radius 1 is 1.29 bits per heavy atom. The highest BCUT2D eigenvalue weighted by molar-refractivity contribution is 6.30. The van der Waals surface area contributed by atoms with Crippen LogP contribution in [0.15, 0.2) is 24.3 Å². The van der Waals surface area contributed by atoms with Crippen molar-refractivity contribution >= 4 is 17.6 Å². The van der Waals surface area contributed by atoms with Gasteiger partial charge in [-0.3, -0.25) is 0 Å². The Balaban J connectivity index is 2.29. The molecular weight excluding hydrogens is 298 g/mol. The fourth-order valence-corrected chi connectivity index (χ4v) is 1.95. The molecule has 1 heterocycles. The normalized spacial score (nSPS) is 10.8. The first-order valence-corrected chi connectivity index (χ1v) is 6.62. The van der Waals surface area contributed by atoms with Crippen LogP contribution in [-0.4, -0.2) is 51.0 Å². The standard InChI is InChI=1S/C13H14ClN3O4/c14-10-3-1-9(2-4-10)12-11(13(19)20)15-16-17(12)5-7-21-8-6-18/h1-4,18H,5-8H2,(H,19,20). The molecule has 2 aromatic rings. The Morgan fingerprint density at radius 2 is 2.00 bits per heavy atom. The third kappa shape index (κ3) is 3.78. The lowest BCUT2D eigenvalue weighted by atomic mass is 10.1. The van der Waals surface area contributed by atoms with Crippen LogP contribution in [0.5, 0.6) is 0 Å². The molecule has 21 heavy (non-hydrogen) atoms. The van der Waals surface area contributed by atoms with Gasteiger partial charge in [0.25, 0.3) is 0 Å². The lowest BCUT2D eigenvalue weighted by molar-refractivity contribution is 0.0691. The summed E-state index contributed by atoms with van der Waals surface area (Å²) in [5.74, 6) is -1.15. The van der Waals surface area contributed by atoms with Crippen LogP contribution in [0.1, 0.15) is 10.5 Å². The number of halogens is 1. The predicted molar refractivity (Wildman–Crippen MR) is 75.3 cm³/mol. The number of aliphatic hydroxyl groups is 1. The quantitative estimate of drug-likeness (QED) is 0.748. The number of nitrogens with zero attached hydrogens (tertiary/aromatic N) is 3. The largest absolute Gasteiger partial charge is 0.476 e. The van der Waals surface area contributed by atoms with Gasteiger partial charge in [0.15, 0.2) is 5.69 Å². The van der Waals surface area contributed by atoms with Crippen LogP contribution < -0.4 is 0 Å². The van der Waals surface area contributed by atoms with Crippen molar-refractivity contribution in [1.29, 1.82) is 0 Å². The molecule has 0 aliphatic carbocycles. The van der Waals surface area contributed by atoms with Crippen molar-refractivity contribution in [2.24, 2.45) is 0 Å². The van der Waals surface area contributed by atoms with Crippen molar-refractivity contribution in [3.63, 3.8) is 0 Å². The first-order valence-electron chi connectivity index (χ1n) is 6.25. The predicted octanol–water partition coefficient (Wildman–Crippen LogP) is 1.31. The zero-order valence-corrected chi connectivity index (χ0v) is 11.8. The summed E-state index contributed by atoms with van der Waals surface area (Å²) in [6.07, 6.45) is 0. The van der Waals surface area contributed by atoms with Crippen molar-refractivity contribution in [2.75, 3.05) is 19.8 Å². The number of hydrogen-bond donors (Lipinski definition) is 2. The van der Waals surface area contributed by atoms with Crippen molar-refractivity contribution in [3.05, 3.63) is 35.0 Å². The summed E-state index contributed by atoms with van der Waals surface area (Å²) < 4.78 is 6.62. The van der Waals surface area contributed by atoms with Crippen molar-refractivity contribution in [1.82, 2.24) is 15.0 Å². The molecule has 0 atom stereocenters. The first-order chi connectivity index (χ1) is 10.1. The second-order valence-corrected chi connectivity index (χ2v) is 4.59. The van der Waals surface area contributed by atoms with Gasteiger partial charge in [0, 0.05) is 10.6 Å². The molecule has 0 aliphatic rings. The molecule has 8 heteroatoms. The molecule has 0 radical (unpaired) electrons. The number of aromatic nitrogens is 3. The lowest BCUT2D eigenvalue weighted by Gasteiger charge is -2.07. The summed E-state index contributed by atoms with van der Waals surface area (Å²) in [7, 11) is 0. The van der Waals surface area contributed by atoms with Gasteiger partial charge in [0.05, 0.1) is 26.4 Å². The maximum atomic E-state index is 11.2. The molecule has 7 nitrogen and oxygen atoms in total. The first kappa shape index (κ1) is 15.4. The molecule has 1 aromatic heterocycles. The van der Waals surface area contributed by atoms with E-state index in [9.17, 15) is 9.90 Å². The van der Waals surface area contributed by atoms with Crippen LogP contribution >= 0.6 is 11.6 Å². The van der Waals surface area contributed by atoms with Crippen molar-refractivity contribution in [3.8, 4) is 11.3 Å². The number of carbonyl (C=O) groups is 1. The summed E-state index contributed by atoms with van der Waals surface area (Å²) in [4.78, 5) is 11.2. The summed E-state index contributed by atoms with van der Waals surface area (Å²) >= 11 is 5.84. The molecule has 0 saturated carbocycles. The number of carboxylic acids is 1. The average Bonchev–Trinajstić information content (AvgIpc) is 2.88. The monoisotopic (exact) mass is 311 g/mol. The van der Waals surface area contributed by atoms with Gasteiger partial charge < -0.3 is 14.9 Å². The van der Waals surface area contributed by atoms with Gasteiger partial charge in [-0.25, -0.2) is 9.48 Å². The smallest absolute Gasteiger partial charge is 0.358 e. The molecule has 112 valence electrons. The summed E-state index contributed by atoms with van der Waals surface area (Å²) in [5, 5.41) is 25.9.